The number of hydrogen-bond donors (Lipinski definition) is 0. The van der Waals surface area contributed by atoms with Crippen molar-refractivity contribution in [1.82, 2.24) is 0 Å². The lowest BCUT2D eigenvalue weighted by molar-refractivity contribution is -0.140. The van der Waals surface area contributed by atoms with Crippen LogP contribution in [0.2, 0.25) is 0 Å². The molecule has 0 aromatic rings. The van der Waals surface area contributed by atoms with Crippen LogP contribution in [0.25, 0.3) is 0 Å². The highest BCUT2D eigenvalue weighted by Gasteiger charge is 2.02. The Morgan fingerprint density at radius 3 is 0.231 bits per heavy atom. The third kappa shape index (κ3) is 75.5. The normalized spacial score (nSPS) is 22.7. The van der Waals surface area contributed by atoms with E-state index in [9.17, 15) is 4.79 Å². The molecular formula is C76H152O2. The summed E-state index contributed by atoms with van der Waals surface area (Å²) in [7, 11) is 0. The second-order valence-corrected chi connectivity index (χ2v) is 26.4. The first kappa shape index (κ1) is 77.5. The summed E-state index contributed by atoms with van der Waals surface area (Å²) in [6.07, 6.45) is 108. The minimum Gasteiger partial charge on any atom is -0.466 e. The molecule has 468 valence electrons. The van der Waals surface area contributed by atoms with Gasteiger partial charge in [0.05, 0.1) is 6.61 Å². The fourth-order valence-electron chi connectivity index (χ4n) is 12.9. The number of ether oxygens (including phenoxy) is 1. The van der Waals surface area contributed by atoms with E-state index in [0.717, 1.165) is 0 Å². The summed E-state index contributed by atoms with van der Waals surface area (Å²) in [5.41, 5.74) is 0. The van der Waals surface area contributed by atoms with Gasteiger partial charge in [-0.1, -0.05) is 462 Å². The molecule has 2 heteroatoms. The molecule has 0 aliphatic heterocycles. The maximum Gasteiger partial charge on any atom is 0.302 e. The molecule has 12 fully saturated rings. The van der Waals surface area contributed by atoms with Gasteiger partial charge in [0.2, 0.25) is 0 Å². The Morgan fingerprint density at radius 2 is 0.218 bits per heavy atom. The summed E-state index contributed by atoms with van der Waals surface area (Å²) < 4.78 is 4.40. The molecular weight excluding hydrogens is 945 g/mol. The molecule has 0 spiro atoms. The molecule has 0 aromatic heterocycles. The number of esters is 1. The van der Waals surface area contributed by atoms with Gasteiger partial charge < -0.3 is 4.74 Å². The third-order valence-electron chi connectivity index (χ3n) is 18.3. The Bertz CT molecular complexity index is 577. The Balaban J connectivity index is 0.000000823. The standard InChI is InChI=1S/12C6H12.C4H8O2/c12*1-2-4-6-5-3-1;1-3-6-4(2)5/h12*1-6H2;3H2,1-2H3. The second kappa shape index (κ2) is 74.5. The van der Waals surface area contributed by atoms with Crippen molar-refractivity contribution in [2.75, 3.05) is 6.61 Å². The van der Waals surface area contributed by atoms with Gasteiger partial charge in [0.25, 0.3) is 0 Å². The predicted molar refractivity (Wildman–Crippen MR) is 355 cm³/mol. The molecule has 0 bridgehead atoms. The van der Waals surface area contributed by atoms with Crippen molar-refractivity contribution in [1.29, 1.82) is 0 Å². The molecule has 12 aliphatic carbocycles. The van der Waals surface area contributed by atoms with Crippen LogP contribution in [-0.4, -0.2) is 12.6 Å². The van der Waals surface area contributed by atoms with Crippen molar-refractivity contribution in [2.45, 2.75) is 476 Å². The molecule has 12 aliphatic rings. The van der Waals surface area contributed by atoms with Crippen LogP contribution in [0.15, 0.2) is 0 Å². The average Bonchev–Trinajstić information content (AvgIpc) is 3.58. The fourth-order valence-corrected chi connectivity index (χ4v) is 12.9. The smallest absolute Gasteiger partial charge is 0.302 e. The predicted octanol–water partition coefficient (Wildman–Crippen LogP) is 28.7. The topological polar surface area (TPSA) is 26.3 Å². The van der Waals surface area contributed by atoms with E-state index in [2.05, 4.69) is 4.74 Å². The van der Waals surface area contributed by atoms with Gasteiger partial charge in [-0.3, -0.25) is 4.79 Å². The van der Waals surface area contributed by atoms with Crippen molar-refractivity contribution >= 4 is 5.97 Å². The van der Waals surface area contributed by atoms with E-state index >= 15 is 0 Å². The number of rotatable bonds is 1. The Kier molecular flexibility index (Phi) is 74.0. The lowest BCUT2D eigenvalue weighted by Gasteiger charge is -2.05. The molecule has 0 amide bonds. The van der Waals surface area contributed by atoms with Crippen LogP contribution in [0.1, 0.15) is 476 Å². The van der Waals surface area contributed by atoms with Crippen LogP contribution in [0, 0.1) is 0 Å². The fraction of sp³-hybridized carbons (Fsp3) is 0.987. The first-order valence-corrected chi connectivity index (χ1v) is 37.9. The van der Waals surface area contributed by atoms with Crippen molar-refractivity contribution in [3.63, 3.8) is 0 Å². The first-order valence-electron chi connectivity index (χ1n) is 37.9. The lowest BCUT2D eigenvalue weighted by atomic mass is 10.0. The van der Waals surface area contributed by atoms with E-state index in [-0.39, 0.29) is 5.97 Å². The highest BCUT2D eigenvalue weighted by Crippen LogP contribution is 2.21. The SMILES string of the molecule is C1CCCCC1.C1CCCCC1.C1CCCCC1.C1CCCCC1.C1CCCCC1.C1CCCCC1.C1CCCCC1.C1CCCCC1.C1CCCCC1.C1CCCCC1.C1CCCCC1.C1CCCCC1.CCOC(C)=O. The Hall–Kier alpha value is -0.530. The molecule has 12 rings (SSSR count). The van der Waals surface area contributed by atoms with E-state index in [1.165, 1.54) is 469 Å². The molecule has 0 unspecified atom stereocenters. The summed E-state index contributed by atoms with van der Waals surface area (Å²) >= 11 is 0. The highest BCUT2D eigenvalue weighted by molar-refractivity contribution is 5.65. The number of carbonyl (C=O) groups is 1. The van der Waals surface area contributed by atoms with E-state index in [1.54, 1.807) is 6.92 Å². The molecule has 12 saturated carbocycles. The largest absolute Gasteiger partial charge is 0.466 e. The van der Waals surface area contributed by atoms with Crippen molar-refractivity contribution in [3.8, 4) is 0 Å². The monoisotopic (exact) mass is 1100 g/mol. The van der Waals surface area contributed by atoms with Crippen LogP contribution in [0.3, 0.4) is 0 Å². The van der Waals surface area contributed by atoms with Crippen LogP contribution in [-0.2, 0) is 9.53 Å². The molecule has 0 radical (unpaired) electrons. The van der Waals surface area contributed by atoms with Crippen molar-refractivity contribution in [2.24, 2.45) is 0 Å². The van der Waals surface area contributed by atoms with Gasteiger partial charge in [0, 0.05) is 6.92 Å². The molecule has 2 nitrogen and oxygen atoms in total. The first-order chi connectivity index (χ1) is 38.8. The van der Waals surface area contributed by atoms with E-state index in [1.807, 2.05) is 0 Å². The van der Waals surface area contributed by atoms with E-state index in [0.29, 0.717) is 6.61 Å². The zero-order chi connectivity index (χ0) is 55.9. The van der Waals surface area contributed by atoms with Crippen molar-refractivity contribution < 1.29 is 9.53 Å². The van der Waals surface area contributed by atoms with Crippen molar-refractivity contribution in [3.05, 3.63) is 0 Å². The van der Waals surface area contributed by atoms with Gasteiger partial charge in [-0.2, -0.15) is 0 Å². The van der Waals surface area contributed by atoms with Crippen LogP contribution >= 0.6 is 0 Å². The number of hydrogen-bond acceptors (Lipinski definition) is 2. The quantitative estimate of drug-likeness (QED) is 0.245. The zero-order valence-corrected chi connectivity index (χ0v) is 54.9. The van der Waals surface area contributed by atoms with Gasteiger partial charge in [0.1, 0.15) is 0 Å². The molecule has 0 N–H and O–H groups in total. The summed E-state index contributed by atoms with van der Waals surface area (Å²) in [5, 5.41) is 0. The summed E-state index contributed by atoms with van der Waals surface area (Å²) in [6, 6.07) is 0. The van der Waals surface area contributed by atoms with Crippen LogP contribution < -0.4 is 0 Å². The summed E-state index contributed by atoms with van der Waals surface area (Å²) in [4.78, 5) is 9.82. The van der Waals surface area contributed by atoms with Gasteiger partial charge in [-0.05, 0) is 6.92 Å². The maximum atomic E-state index is 9.82. The van der Waals surface area contributed by atoms with Gasteiger partial charge in [-0.15, -0.1) is 0 Å². The molecule has 0 saturated heterocycles. The molecule has 0 heterocycles. The minimum absolute atomic E-state index is 0.211. The lowest BCUT2D eigenvalue weighted by Crippen LogP contribution is -1.95. The third-order valence-corrected chi connectivity index (χ3v) is 18.3. The van der Waals surface area contributed by atoms with E-state index in [4.69, 9.17) is 0 Å². The second-order valence-electron chi connectivity index (χ2n) is 26.4. The summed E-state index contributed by atoms with van der Waals surface area (Å²) in [6.45, 7) is 3.65. The van der Waals surface area contributed by atoms with Gasteiger partial charge >= 0.3 is 5.97 Å². The minimum atomic E-state index is -0.211. The van der Waals surface area contributed by atoms with Crippen LogP contribution in [0.5, 0.6) is 0 Å². The molecule has 0 atom stereocenters. The molecule has 0 aromatic carbocycles. The average molecular weight is 1100 g/mol. The maximum absolute atomic E-state index is 9.82. The van der Waals surface area contributed by atoms with Gasteiger partial charge in [-0.25, -0.2) is 0 Å². The highest BCUT2D eigenvalue weighted by atomic mass is 16.5. The zero-order valence-electron chi connectivity index (χ0n) is 54.9. The van der Waals surface area contributed by atoms with Gasteiger partial charge in [0.15, 0.2) is 0 Å². The Labute approximate surface area is 495 Å². The van der Waals surface area contributed by atoms with Crippen LogP contribution in [0.4, 0.5) is 0 Å². The summed E-state index contributed by atoms with van der Waals surface area (Å²) in [5.74, 6) is -0.211. The van der Waals surface area contributed by atoms with E-state index < -0.39 is 0 Å². The number of carbonyl (C=O) groups excluding carboxylic acids is 1. The Morgan fingerprint density at radius 1 is 0.167 bits per heavy atom. The molecule has 78 heavy (non-hydrogen) atoms.